The largest absolute Gasteiger partial charge is 0.386 e. The normalized spacial score (nSPS) is 20.5. The van der Waals surface area contributed by atoms with E-state index in [-0.39, 0.29) is 12.3 Å². The lowest BCUT2D eigenvalue weighted by Crippen LogP contribution is -2.54. The van der Waals surface area contributed by atoms with Crippen molar-refractivity contribution in [1.29, 1.82) is 0 Å². The van der Waals surface area contributed by atoms with Crippen LogP contribution >= 0.6 is 0 Å². The molecule has 2 aromatic heterocycles. The Labute approximate surface area is 144 Å². The summed E-state index contributed by atoms with van der Waals surface area (Å²) in [5.41, 5.74) is -0.382. The molecule has 1 fully saturated rings. The van der Waals surface area contributed by atoms with Crippen molar-refractivity contribution in [2.45, 2.75) is 31.8 Å². The monoisotopic (exact) mass is 348 g/mol. The zero-order valence-electron chi connectivity index (χ0n) is 14.0. The molecule has 3 heterocycles. The number of piperidine rings is 1. The number of aryl methyl sites for hydroxylation is 1. The van der Waals surface area contributed by atoms with Crippen LogP contribution in [0.5, 0.6) is 0 Å². The molecule has 1 amide bonds. The number of nitrogens with zero attached hydrogens (tertiary/aromatic N) is 3. The van der Waals surface area contributed by atoms with Gasteiger partial charge in [-0.3, -0.25) is 4.79 Å². The first-order valence-electron chi connectivity index (χ1n) is 8.32. The van der Waals surface area contributed by atoms with Gasteiger partial charge >= 0.3 is 0 Å². The highest BCUT2D eigenvalue weighted by Gasteiger charge is 2.34. The van der Waals surface area contributed by atoms with Gasteiger partial charge in [0, 0.05) is 25.7 Å². The van der Waals surface area contributed by atoms with Crippen LogP contribution in [-0.4, -0.2) is 46.4 Å². The van der Waals surface area contributed by atoms with Gasteiger partial charge in [0.15, 0.2) is 0 Å². The summed E-state index contributed by atoms with van der Waals surface area (Å²) in [6.07, 6.45) is 3.13. The summed E-state index contributed by atoms with van der Waals surface area (Å²) in [6, 6.07) is 4.52. The van der Waals surface area contributed by atoms with Crippen LogP contribution in [0.25, 0.3) is 0 Å². The average Bonchev–Trinajstić information content (AvgIpc) is 3.10. The summed E-state index contributed by atoms with van der Waals surface area (Å²) in [4.78, 5) is 18.1. The average molecular weight is 348 g/mol. The summed E-state index contributed by atoms with van der Waals surface area (Å²) in [5, 5.41) is 17.3. The Morgan fingerprint density at radius 2 is 2.36 bits per heavy atom. The SMILES string of the molecule is CCc1cc(C(=O)NC[C@@]2(O)CCCN(c3ccc(F)cn3)C2)on1. The smallest absolute Gasteiger partial charge is 0.290 e. The number of hydrogen-bond donors (Lipinski definition) is 2. The van der Waals surface area contributed by atoms with Crippen LogP contribution in [-0.2, 0) is 6.42 Å². The predicted molar refractivity (Wildman–Crippen MR) is 88.8 cm³/mol. The van der Waals surface area contributed by atoms with Crippen LogP contribution in [0.1, 0.15) is 36.0 Å². The van der Waals surface area contributed by atoms with Crippen molar-refractivity contribution in [1.82, 2.24) is 15.5 Å². The Balaban J connectivity index is 1.60. The Bertz CT molecular complexity index is 734. The number of pyridine rings is 1. The van der Waals surface area contributed by atoms with Crippen LogP contribution in [0, 0.1) is 5.82 Å². The molecule has 0 bridgehead atoms. The second-order valence-electron chi connectivity index (χ2n) is 6.30. The second kappa shape index (κ2) is 7.18. The summed E-state index contributed by atoms with van der Waals surface area (Å²) >= 11 is 0. The third kappa shape index (κ3) is 4.14. The molecule has 7 nitrogen and oxygen atoms in total. The Morgan fingerprint density at radius 1 is 1.52 bits per heavy atom. The Hall–Kier alpha value is -2.48. The van der Waals surface area contributed by atoms with Gasteiger partial charge in [-0.25, -0.2) is 9.37 Å². The van der Waals surface area contributed by atoms with Crippen LogP contribution < -0.4 is 10.2 Å². The molecule has 3 rings (SSSR count). The highest BCUT2D eigenvalue weighted by molar-refractivity contribution is 5.91. The summed E-state index contributed by atoms with van der Waals surface area (Å²) < 4.78 is 18.0. The molecule has 134 valence electrons. The van der Waals surface area contributed by atoms with Crippen LogP contribution in [0.15, 0.2) is 28.9 Å². The van der Waals surface area contributed by atoms with Gasteiger partial charge < -0.3 is 19.8 Å². The molecule has 1 aliphatic heterocycles. The zero-order chi connectivity index (χ0) is 17.9. The summed E-state index contributed by atoms with van der Waals surface area (Å²) in [5.74, 6) is -0.0681. The van der Waals surface area contributed by atoms with E-state index in [2.05, 4.69) is 15.5 Å². The van der Waals surface area contributed by atoms with E-state index in [0.717, 1.165) is 19.2 Å². The number of anilines is 1. The fourth-order valence-electron chi connectivity index (χ4n) is 2.92. The maximum Gasteiger partial charge on any atom is 0.290 e. The van der Waals surface area contributed by atoms with Gasteiger partial charge in [0.05, 0.1) is 17.5 Å². The third-order valence-corrected chi connectivity index (χ3v) is 4.31. The fourth-order valence-corrected chi connectivity index (χ4v) is 2.92. The lowest BCUT2D eigenvalue weighted by atomic mass is 9.92. The zero-order valence-corrected chi connectivity index (χ0v) is 14.0. The number of hydrogen-bond acceptors (Lipinski definition) is 6. The molecule has 0 unspecified atom stereocenters. The highest BCUT2D eigenvalue weighted by atomic mass is 19.1. The lowest BCUT2D eigenvalue weighted by Gasteiger charge is -2.39. The van der Waals surface area contributed by atoms with Crippen molar-refractivity contribution in [3.63, 3.8) is 0 Å². The minimum atomic E-state index is -1.09. The van der Waals surface area contributed by atoms with Gasteiger partial charge in [-0.2, -0.15) is 0 Å². The number of amides is 1. The van der Waals surface area contributed by atoms with Crippen LogP contribution in [0.2, 0.25) is 0 Å². The number of carbonyl (C=O) groups is 1. The molecule has 0 saturated carbocycles. The van der Waals surface area contributed by atoms with Crippen LogP contribution in [0.4, 0.5) is 10.2 Å². The second-order valence-corrected chi connectivity index (χ2v) is 6.30. The Kier molecular flexibility index (Phi) is 4.98. The van der Waals surface area contributed by atoms with Crippen molar-refractivity contribution in [3.8, 4) is 0 Å². The maximum atomic E-state index is 13.0. The summed E-state index contributed by atoms with van der Waals surface area (Å²) in [6.45, 7) is 3.04. The maximum absolute atomic E-state index is 13.0. The predicted octanol–water partition coefficient (Wildman–Crippen LogP) is 1.53. The number of aliphatic hydroxyl groups is 1. The molecule has 0 radical (unpaired) electrons. The molecule has 0 spiro atoms. The number of rotatable bonds is 5. The standard InChI is InChI=1S/C17H21FN4O3/c1-2-13-8-14(25-21-13)16(23)20-10-17(24)6-3-7-22(11-17)15-5-4-12(18)9-19-15/h4-5,8-9,24H,2-3,6-7,10-11H2,1H3,(H,20,23)/t17-/m0/s1. The summed E-state index contributed by atoms with van der Waals surface area (Å²) in [7, 11) is 0. The van der Waals surface area contributed by atoms with E-state index in [4.69, 9.17) is 4.52 Å². The fraction of sp³-hybridized carbons (Fsp3) is 0.471. The van der Waals surface area contributed by atoms with Crippen molar-refractivity contribution < 1.29 is 18.8 Å². The third-order valence-electron chi connectivity index (χ3n) is 4.31. The highest BCUT2D eigenvalue weighted by Crippen LogP contribution is 2.24. The number of carbonyl (C=O) groups excluding carboxylic acids is 1. The number of aromatic nitrogens is 2. The van der Waals surface area contributed by atoms with E-state index >= 15 is 0 Å². The Morgan fingerprint density at radius 3 is 3.04 bits per heavy atom. The molecule has 1 aliphatic rings. The van der Waals surface area contributed by atoms with Crippen molar-refractivity contribution in [2.24, 2.45) is 0 Å². The topological polar surface area (TPSA) is 91.5 Å². The molecular formula is C17H21FN4O3. The number of β-amino-alcohol motifs (C(OH)–C–C–N with tert-alkyl or cyclic N) is 1. The van der Waals surface area contributed by atoms with E-state index < -0.39 is 17.3 Å². The first-order valence-corrected chi connectivity index (χ1v) is 8.32. The van der Waals surface area contributed by atoms with E-state index in [0.29, 0.717) is 30.9 Å². The number of nitrogens with one attached hydrogen (secondary N) is 1. The molecule has 25 heavy (non-hydrogen) atoms. The van der Waals surface area contributed by atoms with Gasteiger partial charge in [0.1, 0.15) is 11.6 Å². The molecule has 0 aromatic carbocycles. The van der Waals surface area contributed by atoms with E-state index in [9.17, 15) is 14.3 Å². The number of halogens is 1. The first kappa shape index (κ1) is 17.3. The van der Waals surface area contributed by atoms with Crippen molar-refractivity contribution >= 4 is 11.7 Å². The quantitative estimate of drug-likeness (QED) is 0.851. The first-order chi connectivity index (χ1) is 12.0. The van der Waals surface area contributed by atoms with E-state index in [1.807, 2.05) is 11.8 Å². The lowest BCUT2D eigenvalue weighted by molar-refractivity contribution is 0.0250. The van der Waals surface area contributed by atoms with Crippen molar-refractivity contribution in [2.75, 3.05) is 24.5 Å². The van der Waals surface area contributed by atoms with Gasteiger partial charge in [0.25, 0.3) is 5.91 Å². The van der Waals surface area contributed by atoms with E-state index in [1.54, 1.807) is 12.1 Å². The minimum absolute atomic E-state index is 0.0890. The van der Waals surface area contributed by atoms with E-state index in [1.165, 1.54) is 6.07 Å². The van der Waals surface area contributed by atoms with Gasteiger partial charge in [-0.1, -0.05) is 12.1 Å². The molecule has 0 aliphatic carbocycles. The van der Waals surface area contributed by atoms with Gasteiger partial charge in [-0.15, -0.1) is 0 Å². The molecule has 8 heteroatoms. The van der Waals surface area contributed by atoms with Gasteiger partial charge in [0.2, 0.25) is 5.76 Å². The van der Waals surface area contributed by atoms with Crippen molar-refractivity contribution in [3.05, 3.63) is 41.7 Å². The molecular weight excluding hydrogens is 327 g/mol. The molecule has 1 atom stereocenters. The van der Waals surface area contributed by atoms with Gasteiger partial charge in [-0.05, 0) is 31.4 Å². The minimum Gasteiger partial charge on any atom is -0.386 e. The molecule has 1 saturated heterocycles. The molecule has 2 N–H and O–H groups in total. The molecule has 2 aromatic rings. The van der Waals surface area contributed by atoms with Crippen LogP contribution in [0.3, 0.4) is 0 Å².